The highest BCUT2D eigenvalue weighted by Crippen LogP contribution is 2.24. The second kappa shape index (κ2) is 7.16. The summed E-state index contributed by atoms with van der Waals surface area (Å²) < 4.78 is 28.8. The molecular formula is C21H23F2N3. The summed E-state index contributed by atoms with van der Waals surface area (Å²) in [6.07, 6.45) is 2.21. The zero-order valence-electron chi connectivity index (χ0n) is 15.0. The predicted molar refractivity (Wildman–Crippen MR) is 98.8 cm³/mol. The van der Waals surface area contributed by atoms with Crippen LogP contribution in [0.5, 0.6) is 0 Å². The molecule has 0 aliphatic carbocycles. The molecule has 2 aromatic carbocycles. The van der Waals surface area contributed by atoms with Gasteiger partial charge in [-0.05, 0) is 68.6 Å². The molecule has 1 saturated heterocycles. The third-order valence-corrected chi connectivity index (χ3v) is 5.38. The van der Waals surface area contributed by atoms with Gasteiger partial charge in [-0.1, -0.05) is 18.2 Å². The summed E-state index contributed by atoms with van der Waals surface area (Å²) in [5, 5.41) is 0. The van der Waals surface area contributed by atoms with E-state index in [1.54, 1.807) is 6.07 Å². The van der Waals surface area contributed by atoms with Crippen molar-refractivity contribution in [2.24, 2.45) is 5.92 Å². The standard InChI is InChI=1S/C21H23F2N3/c1-15-24-20-4-2-3-5-21(20)26(15)14-16-8-10-25(11-9-16)13-17-6-7-18(22)19(23)12-17/h2-7,12,16H,8-11,13-14H2,1H3. The van der Waals surface area contributed by atoms with Crippen molar-refractivity contribution < 1.29 is 8.78 Å². The Morgan fingerprint density at radius 2 is 1.81 bits per heavy atom. The van der Waals surface area contributed by atoms with Crippen molar-refractivity contribution in [2.75, 3.05) is 13.1 Å². The van der Waals surface area contributed by atoms with Crippen molar-refractivity contribution in [1.82, 2.24) is 14.5 Å². The molecule has 1 aliphatic rings. The van der Waals surface area contributed by atoms with Gasteiger partial charge in [-0.3, -0.25) is 4.90 Å². The molecule has 3 nitrogen and oxygen atoms in total. The summed E-state index contributed by atoms with van der Waals surface area (Å²) in [6.45, 7) is 5.70. The molecule has 4 rings (SSSR count). The fourth-order valence-corrected chi connectivity index (χ4v) is 3.91. The van der Waals surface area contributed by atoms with E-state index in [1.807, 2.05) is 6.07 Å². The maximum Gasteiger partial charge on any atom is 0.159 e. The number of aryl methyl sites for hydroxylation is 1. The second-order valence-electron chi connectivity index (χ2n) is 7.23. The van der Waals surface area contributed by atoms with E-state index in [4.69, 9.17) is 0 Å². The van der Waals surface area contributed by atoms with Crippen molar-refractivity contribution in [3.63, 3.8) is 0 Å². The van der Waals surface area contributed by atoms with E-state index in [0.717, 1.165) is 49.4 Å². The van der Waals surface area contributed by atoms with Crippen LogP contribution in [-0.4, -0.2) is 27.5 Å². The summed E-state index contributed by atoms with van der Waals surface area (Å²) in [7, 11) is 0. The Labute approximate surface area is 152 Å². The highest BCUT2D eigenvalue weighted by molar-refractivity contribution is 5.75. The minimum absolute atomic E-state index is 0.618. The molecule has 3 aromatic rings. The van der Waals surface area contributed by atoms with Gasteiger partial charge in [-0.2, -0.15) is 0 Å². The van der Waals surface area contributed by atoms with Crippen molar-refractivity contribution in [3.8, 4) is 0 Å². The lowest BCUT2D eigenvalue weighted by molar-refractivity contribution is 0.167. The number of hydrogen-bond acceptors (Lipinski definition) is 2. The van der Waals surface area contributed by atoms with Gasteiger partial charge in [-0.15, -0.1) is 0 Å². The van der Waals surface area contributed by atoms with Crippen molar-refractivity contribution in [3.05, 3.63) is 65.5 Å². The first-order valence-corrected chi connectivity index (χ1v) is 9.18. The summed E-state index contributed by atoms with van der Waals surface area (Å²) >= 11 is 0. The minimum Gasteiger partial charge on any atom is -0.328 e. The Hall–Kier alpha value is -2.27. The molecule has 1 aromatic heterocycles. The first-order valence-electron chi connectivity index (χ1n) is 9.18. The van der Waals surface area contributed by atoms with Gasteiger partial charge in [-0.25, -0.2) is 13.8 Å². The number of fused-ring (bicyclic) bond motifs is 1. The molecule has 0 spiro atoms. The Morgan fingerprint density at radius 3 is 2.58 bits per heavy atom. The fourth-order valence-electron chi connectivity index (χ4n) is 3.91. The fraction of sp³-hybridized carbons (Fsp3) is 0.381. The average molecular weight is 355 g/mol. The number of benzene rings is 2. The lowest BCUT2D eigenvalue weighted by atomic mass is 9.96. The van der Waals surface area contributed by atoms with Crippen molar-refractivity contribution >= 4 is 11.0 Å². The number of para-hydroxylation sites is 2. The van der Waals surface area contributed by atoms with Gasteiger partial charge in [0.15, 0.2) is 11.6 Å². The molecule has 0 N–H and O–H groups in total. The van der Waals surface area contributed by atoms with Crippen LogP contribution in [0.15, 0.2) is 42.5 Å². The molecule has 0 unspecified atom stereocenters. The molecule has 0 amide bonds. The number of imidazole rings is 1. The summed E-state index contributed by atoms with van der Waals surface area (Å²) in [4.78, 5) is 6.97. The average Bonchev–Trinajstić information content (AvgIpc) is 2.95. The van der Waals surface area contributed by atoms with E-state index < -0.39 is 11.6 Å². The van der Waals surface area contributed by atoms with Gasteiger partial charge in [0.05, 0.1) is 11.0 Å². The van der Waals surface area contributed by atoms with E-state index in [-0.39, 0.29) is 0 Å². The molecular weight excluding hydrogens is 332 g/mol. The predicted octanol–water partition coefficient (Wildman–Crippen LogP) is 4.54. The maximum absolute atomic E-state index is 13.4. The van der Waals surface area contributed by atoms with Gasteiger partial charge in [0.25, 0.3) is 0 Å². The van der Waals surface area contributed by atoms with Crippen LogP contribution in [0.25, 0.3) is 11.0 Å². The number of hydrogen-bond donors (Lipinski definition) is 0. The number of likely N-dealkylation sites (tertiary alicyclic amines) is 1. The monoisotopic (exact) mass is 355 g/mol. The molecule has 0 radical (unpaired) electrons. The zero-order chi connectivity index (χ0) is 18.1. The summed E-state index contributed by atoms with van der Waals surface area (Å²) in [6, 6.07) is 12.5. The van der Waals surface area contributed by atoms with Crippen LogP contribution in [0.1, 0.15) is 24.2 Å². The van der Waals surface area contributed by atoms with Gasteiger partial charge >= 0.3 is 0 Å². The Bertz CT molecular complexity index is 911. The van der Waals surface area contributed by atoms with Crippen molar-refractivity contribution in [1.29, 1.82) is 0 Å². The highest BCUT2D eigenvalue weighted by atomic mass is 19.2. The van der Waals surface area contributed by atoms with Gasteiger partial charge in [0.1, 0.15) is 5.82 Å². The smallest absolute Gasteiger partial charge is 0.159 e. The summed E-state index contributed by atoms with van der Waals surface area (Å²) in [5.41, 5.74) is 3.09. The van der Waals surface area contributed by atoms with Crippen LogP contribution >= 0.6 is 0 Å². The van der Waals surface area contributed by atoms with Crippen LogP contribution in [0.4, 0.5) is 8.78 Å². The quantitative estimate of drug-likeness (QED) is 0.685. The number of aromatic nitrogens is 2. The molecule has 0 atom stereocenters. The SMILES string of the molecule is Cc1nc2ccccc2n1CC1CCN(Cc2ccc(F)c(F)c2)CC1. The van der Waals surface area contributed by atoms with Gasteiger partial charge < -0.3 is 4.57 Å². The Morgan fingerprint density at radius 1 is 1.04 bits per heavy atom. The number of piperidine rings is 1. The van der Waals surface area contributed by atoms with E-state index in [1.165, 1.54) is 17.6 Å². The normalized spacial score (nSPS) is 16.4. The zero-order valence-corrected chi connectivity index (χ0v) is 15.0. The third kappa shape index (κ3) is 3.49. The molecule has 1 aliphatic heterocycles. The topological polar surface area (TPSA) is 21.1 Å². The molecule has 5 heteroatoms. The lowest BCUT2D eigenvalue weighted by Crippen LogP contribution is -2.34. The van der Waals surface area contributed by atoms with E-state index >= 15 is 0 Å². The molecule has 1 fully saturated rings. The molecule has 2 heterocycles. The number of nitrogens with zero attached hydrogens (tertiary/aromatic N) is 3. The van der Waals surface area contributed by atoms with Crippen LogP contribution in [0.2, 0.25) is 0 Å². The van der Waals surface area contributed by atoms with Crippen molar-refractivity contribution in [2.45, 2.75) is 32.9 Å². The van der Waals surface area contributed by atoms with Gasteiger partial charge in [0, 0.05) is 13.1 Å². The first-order chi connectivity index (χ1) is 12.6. The number of rotatable bonds is 4. The maximum atomic E-state index is 13.4. The Kier molecular flexibility index (Phi) is 4.72. The number of halogens is 2. The van der Waals surface area contributed by atoms with E-state index in [9.17, 15) is 8.78 Å². The van der Waals surface area contributed by atoms with Crippen LogP contribution in [0, 0.1) is 24.5 Å². The van der Waals surface area contributed by atoms with Crippen LogP contribution in [0.3, 0.4) is 0 Å². The van der Waals surface area contributed by atoms with Gasteiger partial charge in [0.2, 0.25) is 0 Å². The summed E-state index contributed by atoms with van der Waals surface area (Å²) in [5.74, 6) is 0.137. The van der Waals surface area contributed by atoms with E-state index in [2.05, 4.69) is 39.6 Å². The Balaban J connectivity index is 1.37. The molecule has 0 saturated carbocycles. The van der Waals surface area contributed by atoms with Crippen LogP contribution < -0.4 is 0 Å². The molecule has 0 bridgehead atoms. The molecule has 26 heavy (non-hydrogen) atoms. The lowest BCUT2D eigenvalue weighted by Gasteiger charge is -2.32. The van der Waals surface area contributed by atoms with Crippen LogP contribution in [-0.2, 0) is 13.1 Å². The third-order valence-electron chi connectivity index (χ3n) is 5.38. The molecule has 136 valence electrons. The van der Waals surface area contributed by atoms with E-state index in [0.29, 0.717) is 12.5 Å². The minimum atomic E-state index is -0.782. The highest BCUT2D eigenvalue weighted by Gasteiger charge is 2.21. The first kappa shape index (κ1) is 17.2. The largest absolute Gasteiger partial charge is 0.328 e. The second-order valence-corrected chi connectivity index (χ2v) is 7.23.